The van der Waals surface area contributed by atoms with E-state index in [1.165, 1.54) is 0 Å². The molecule has 1 rings (SSSR count). The van der Waals surface area contributed by atoms with Crippen LogP contribution in [0.1, 0.15) is 13.8 Å². The zero-order valence-electron chi connectivity index (χ0n) is 9.20. The van der Waals surface area contributed by atoms with Gasteiger partial charge in [0.1, 0.15) is 12.1 Å². The first kappa shape index (κ1) is 11.9. The Labute approximate surface area is 89.0 Å². The Morgan fingerprint density at radius 2 is 1.67 bits per heavy atom. The molecule has 0 aromatic rings. The fourth-order valence-corrected chi connectivity index (χ4v) is 1.51. The first-order valence-corrected chi connectivity index (χ1v) is 5.01. The third-order valence-corrected chi connectivity index (χ3v) is 2.64. The molecule has 2 amide bonds. The number of nitrogens with one attached hydrogen (secondary N) is 3. The summed E-state index contributed by atoms with van der Waals surface area (Å²) in [6, 6.07) is -1.65. The second kappa shape index (κ2) is 4.59. The SMILES string of the molecule is CNC(C)C1NC(=O)C(C(C)N)NC1=O. The topological polar surface area (TPSA) is 96.2 Å². The molecule has 15 heavy (non-hydrogen) atoms. The van der Waals surface area contributed by atoms with Crippen LogP contribution in [-0.4, -0.2) is 43.0 Å². The van der Waals surface area contributed by atoms with Crippen molar-refractivity contribution in [1.82, 2.24) is 16.0 Å². The van der Waals surface area contributed by atoms with Crippen LogP contribution in [-0.2, 0) is 9.59 Å². The van der Waals surface area contributed by atoms with Crippen LogP contribution in [0, 0.1) is 0 Å². The first-order valence-electron chi connectivity index (χ1n) is 5.01. The van der Waals surface area contributed by atoms with Gasteiger partial charge in [0.25, 0.3) is 0 Å². The molecule has 1 aliphatic heterocycles. The van der Waals surface area contributed by atoms with Crippen molar-refractivity contribution in [2.24, 2.45) is 5.73 Å². The summed E-state index contributed by atoms with van der Waals surface area (Å²) >= 11 is 0. The maximum atomic E-state index is 11.6. The molecule has 6 heteroatoms. The minimum atomic E-state index is -0.627. The van der Waals surface area contributed by atoms with Crippen molar-refractivity contribution in [2.45, 2.75) is 38.0 Å². The van der Waals surface area contributed by atoms with Crippen molar-refractivity contribution in [2.75, 3.05) is 7.05 Å². The quantitative estimate of drug-likeness (QED) is 0.434. The van der Waals surface area contributed by atoms with E-state index in [4.69, 9.17) is 5.73 Å². The Balaban J connectivity index is 2.71. The summed E-state index contributed by atoms with van der Waals surface area (Å²) in [6.45, 7) is 3.52. The summed E-state index contributed by atoms with van der Waals surface area (Å²) in [5.41, 5.74) is 5.58. The van der Waals surface area contributed by atoms with Crippen LogP contribution in [0.3, 0.4) is 0 Å². The largest absolute Gasteiger partial charge is 0.341 e. The van der Waals surface area contributed by atoms with E-state index in [9.17, 15) is 9.59 Å². The molecule has 6 nitrogen and oxygen atoms in total. The molecule has 86 valence electrons. The van der Waals surface area contributed by atoms with E-state index < -0.39 is 12.1 Å². The number of carbonyl (C=O) groups is 2. The highest BCUT2D eigenvalue weighted by molar-refractivity contribution is 5.97. The van der Waals surface area contributed by atoms with Crippen molar-refractivity contribution in [3.8, 4) is 0 Å². The second-order valence-electron chi connectivity index (χ2n) is 3.91. The molecule has 1 fully saturated rings. The molecule has 1 saturated heterocycles. The number of hydrogen-bond acceptors (Lipinski definition) is 4. The molecule has 0 spiro atoms. The lowest BCUT2D eigenvalue weighted by Crippen LogP contribution is -2.69. The predicted octanol–water partition coefficient (Wildman–Crippen LogP) is -2.08. The Morgan fingerprint density at radius 1 is 1.20 bits per heavy atom. The van der Waals surface area contributed by atoms with Gasteiger partial charge in [-0.2, -0.15) is 0 Å². The predicted molar refractivity (Wildman–Crippen MR) is 56.0 cm³/mol. The van der Waals surface area contributed by atoms with Crippen LogP contribution in [0.15, 0.2) is 0 Å². The highest BCUT2D eigenvalue weighted by atomic mass is 16.2. The first-order chi connectivity index (χ1) is 6.97. The van der Waals surface area contributed by atoms with Gasteiger partial charge in [-0.25, -0.2) is 0 Å². The number of likely N-dealkylation sites (N-methyl/N-ethyl adjacent to an activating group) is 1. The molecule has 4 unspecified atom stereocenters. The van der Waals surface area contributed by atoms with Crippen molar-refractivity contribution in [3.05, 3.63) is 0 Å². The van der Waals surface area contributed by atoms with Gasteiger partial charge in [0.15, 0.2) is 0 Å². The summed E-state index contributed by atoms with van der Waals surface area (Å²) in [4.78, 5) is 23.2. The summed E-state index contributed by atoms with van der Waals surface area (Å²) in [6.07, 6.45) is 0. The lowest BCUT2D eigenvalue weighted by molar-refractivity contribution is -0.137. The molecular formula is C9H18N4O2. The lowest BCUT2D eigenvalue weighted by atomic mass is 10.0. The molecule has 0 aromatic carbocycles. The minimum absolute atomic E-state index is 0.108. The van der Waals surface area contributed by atoms with E-state index in [0.29, 0.717) is 0 Å². The Morgan fingerprint density at radius 3 is 2.13 bits per heavy atom. The highest BCUT2D eigenvalue weighted by Gasteiger charge is 2.37. The molecule has 1 aliphatic rings. The molecular weight excluding hydrogens is 196 g/mol. The number of nitrogens with two attached hydrogens (primary N) is 1. The van der Waals surface area contributed by atoms with E-state index in [0.717, 1.165) is 0 Å². The molecule has 0 saturated carbocycles. The summed E-state index contributed by atoms with van der Waals surface area (Å²) in [7, 11) is 1.74. The van der Waals surface area contributed by atoms with E-state index in [2.05, 4.69) is 16.0 Å². The normalized spacial score (nSPS) is 30.4. The zero-order valence-corrected chi connectivity index (χ0v) is 9.20. The minimum Gasteiger partial charge on any atom is -0.341 e. The van der Waals surface area contributed by atoms with Gasteiger partial charge in [-0.3, -0.25) is 9.59 Å². The number of piperazine rings is 1. The van der Waals surface area contributed by atoms with Crippen LogP contribution >= 0.6 is 0 Å². The van der Waals surface area contributed by atoms with Gasteiger partial charge >= 0.3 is 0 Å². The van der Waals surface area contributed by atoms with E-state index in [1.807, 2.05) is 6.92 Å². The third kappa shape index (κ3) is 2.45. The van der Waals surface area contributed by atoms with Crippen LogP contribution in [0.25, 0.3) is 0 Å². The van der Waals surface area contributed by atoms with Crippen molar-refractivity contribution < 1.29 is 9.59 Å². The maximum absolute atomic E-state index is 11.6. The smallest absolute Gasteiger partial charge is 0.244 e. The van der Waals surface area contributed by atoms with E-state index in [1.54, 1.807) is 14.0 Å². The Bertz CT molecular complexity index is 267. The van der Waals surface area contributed by atoms with Crippen molar-refractivity contribution in [1.29, 1.82) is 0 Å². The number of amides is 2. The van der Waals surface area contributed by atoms with Gasteiger partial charge in [-0.1, -0.05) is 0 Å². The molecule has 0 aliphatic carbocycles. The highest BCUT2D eigenvalue weighted by Crippen LogP contribution is 2.03. The fraction of sp³-hybridized carbons (Fsp3) is 0.778. The van der Waals surface area contributed by atoms with E-state index in [-0.39, 0.29) is 23.9 Å². The maximum Gasteiger partial charge on any atom is 0.244 e. The summed E-state index contributed by atoms with van der Waals surface area (Å²) in [5, 5.41) is 8.19. The monoisotopic (exact) mass is 214 g/mol. The molecule has 0 aromatic heterocycles. The average molecular weight is 214 g/mol. The van der Waals surface area contributed by atoms with Gasteiger partial charge in [0, 0.05) is 12.1 Å². The van der Waals surface area contributed by atoms with Crippen LogP contribution in [0.4, 0.5) is 0 Å². The van der Waals surface area contributed by atoms with Gasteiger partial charge in [0.05, 0.1) is 0 Å². The standard InChI is InChI=1S/C9H18N4O2/c1-4(10)6-8(14)13-7(5(2)11-3)9(15)12-6/h4-7,11H,10H2,1-3H3,(H,12,15)(H,13,14). The number of carbonyl (C=O) groups excluding carboxylic acids is 2. The molecule has 0 radical (unpaired) electrons. The Kier molecular flexibility index (Phi) is 3.65. The van der Waals surface area contributed by atoms with Gasteiger partial charge in [0.2, 0.25) is 11.8 Å². The average Bonchev–Trinajstić information content (AvgIpc) is 2.19. The second-order valence-corrected chi connectivity index (χ2v) is 3.91. The third-order valence-electron chi connectivity index (χ3n) is 2.64. The van der Waals surface area contributed by atoms with E-state index >= 15 is 0 Å². The lowest BCUT2D eigenvalue weighted by Gasteiger charge is -2.34. The Hall–Kier alpha value is -1.14. The molecule has 4 atom stereocenters. The zero-order chi connectivity index (χ0) is 11.6. The summed E-state index contributed by atoms with van der Waals surface area (Å²) in [5.74, 6) is -0.421. The van der Waals surface area contributed by atoms with Crippen LogP contribution in [0.2, 0.25) is 0 Å². The molecule has 1 heterocycles. The van der Waals surface area contributed by atoms with Crippen LogP contribution in [0.5, 0.6) is 0 Å². The van der Waals surface area contributed by atoms with Gasteiger partial charge in [-0.15, -0.1) is 0 Å². The fourth-order valence-electron chi connectivity index (χ4n) is 1.51. The van der Waals surface area contributed by atoms with Crippen LogP contribution < -0.4 is 21.7 Å². The summed E-state index contributed by atoms with van der Waals surface area (Å²) < 4.78 is 0. The van der Waals surface area contributed by atoms with Crippen molar-refractivity contribution in [3.63, 3.8) is 0 Å². The number of hydrogen-bond donors (Lipinski definition) is 4. The number of rotatable bonds is 3. The van der Waals surface area contributed by atoms with Crippen molar-refractivity contribution >= 4 is 11.8 Å². The molecule has 0 bridgehead atoms. The molecule has 5 N–H and O–H groups in total. The van der Waals surface area contributed by atoms with Gasteiger partial charge < -0.3 is 21.7 Å². The van der Waals surface area contributed by atoms with Gasteiger partial charge in [-0.05, 0) is 20.9 Å².